The maximum Gasteiger partial charge on any atom is 0.254 e. The summed E-state index contributed by atoms with van der Waals surface area (Å²) in [5.41, 5.74) is -0.0852. The third-order valence-corrected chi connectivity index (χ3v) is 3.20. The molecule has 22 heavy (non-hydrogen) atoms. The first-order chi connectivity index (χ1) is 10.4. The van der Waals surface area contributed by atoms with Crippen molar-refractivity contribution in [1.82, 2.24) is 10.3 Å². The van der Waals surface area contributed by atoms with Gasteiger partial charge in [0, 0.05) is 6.20 Å². The Morgan fingerprint density at radius 1 is 1.32 bits per heavy atom. The van der Waals surface area contributed by atoms with Gasteiger partial charge in [0.1, 0.15) is 5.15 Å². The van der Waals surface area contributed by atoms with Crippen LogP contribution in [0.5, 0.6) is 0 Å². The van der Waals surface area contributed by atoms with Crippen LogP contribution in [-0.2, 0) is 0 Å². The number of nitrogens with zero attached hydrogens (tertiary/aromatic N) is 1. The molecule has 1 amide bonds. The van der Waals surface area contributed by atoms with E-state index >= 15 is 0 Å². The molecule has 0 aliphatic rings. The van der Waals surface area contributed by atoms with Crippen LogP contribution in [0.2, 0.25) is 5.15 Å². The lowest BCUT2D eigenvalue weighted by atomic mass is 10.1. The van der Waals surface area contributed by atoms with Crippen LogP contribution >= 0.6 is 11.6 Å². The molecular formula is C14H10ClF3N2O2. The van der Waals surface area contributed by atoms with Crippen molar-refractivity contribution in [2.24, 2.45) is 0 Å². The maximum absolute atomic E-state index is 13.2. The monoisotopic (exact) mass is 330 g/mol. The van der Waals surface area contributed by atoms with E-state index in [0.29, 0.717) is 12.1 Å². The Bertz CT molecular complexity index is 689. The normalized spacial score (nSPS) is 12.0. The van der Waals surface area contributed by atoms with Crippen LogP contribution in [0, 0.1) is 17.5 Å². The molecule has 0 aliphatic carbocycles. The van der Waals surface area contributed by atoms with Gasteiger partial charge in [0.25, 0.3) is 5.91 Å². The van der Waals surface area contributed by atoms with Crippen molar-refractivity contribution >= 4 is 17.5 Å². The van der Waals surface area contributed by atoms with Crippen LogP contribution in [0.25, 0.3) is 0 Å². The van der Waals surface area contributed by atoms with Crippen LogP contribution < -0.4 is 5.32 Å². The van der Waals surface area contributed by atoms with E-state index in [4.69, 9.17) is 11.6 Å². The Morgan fingerprint density at radius 2 is 1.95 bits per heavy atom. The summed E-state index contributed by atoms with van der Waals surface area (Å²) >= 11 is 5.76. The summed E-state index contributed by atoms with van der Waals surface area (Å²) in [7, 11) is 0. The second kappa shape index (κ2) is 6.76. The lowest BCUT2D eigenvalue weighted by Gasteiger charge is -2.17. The van der Waals surface area contributed by atoms with Gasteiger partial charge in [-0.15, -0.1) is 0 Å². The highest BCUT2D eigenvalue weighted by molar-refractivity contribution is 6.32. The van der Waals surface area contributed by atoms with Crippen LogP contribution in [0.15, 0.2) is 30.5 Å². The van der Waals surface area contributed by atoms with Crippen LogP contribution in [0.4, 0.5) is 13.2 Å². The van der Waals surface area contributed by atoms with Gasteiger partial charge in [-0.25, -0.2) is 18.2 Å². The molecule has 0 bridgehead atoms. The first-order valence-electron chi connectivity index (χ1n) is 6.10. The average Bonchev–Trinajstić information content (AvgIpc) is 2.50. The number of aromatic nitrogens is 1. The predicted molar refractivity (Wildman–Crippen MR) is 72.9 cm³/mol. The van der Waals surface area contributed by atoms with Gasteiger partial charge in [-0.1, -0.05) is 11.6 Å². The zero-order valence-electron chi connectivity index (χ0n) is 11.0. The minimum Gasteiger partial charge on any atom is -0.394 e. The molecule has 1 heterocycles. The molecule has 4 nitrogen and oxygen atoms in total. The molecule has 116 valence electrons. The summed E-state index contributed by atoms with van der Waals surface area (Å²) in [4.78, 5) is 15.8. The molecule has 0 saturated heterocycles. The second-order valence-corrected chi connectivity index (χ2v) is 4.71. The Kier molecular flexibility index (Phi) is 4.99. The van der Waals surface area contributed by atoms with E-state index in [1.54, 1.807) is 0 Å². The molecular weight excluding hydrogens is 321 g/mol. The zero-order valence-corrected chi connectivity index (χ0v) is 11.7. The van der Waals surface area contributed by atoms with Crippen LogP contribution in [0.3, 0.4) is 0 Å². The number of amides is 1. The van der Waals surface area contributed by atoms with Crippen molar-refractivity contribution in [1.29, 1.82) is 0 Å². The largest absolute Gasteiger partial charge is 0.394 e. The van der Waals surface area contributed by atoms with Gasteiger partial charge >= 0.3 is 0 Å². The summed E-state index contributed by atoms with van der Waals surface area (Å²) < 4.78 is 39.4. The molecule has 0 spiro atoms. The first kappa shape index (κ1) is 16.3. The lowest BCUT2D eigenvalue weighted by Crippen LogP contribution is -2.31. The fourth-order valence-corrected chi connectivity index (χ4v) is 2.01. The van der Waals surface area contributed by atoms with E-state index in [9.17, 15) is 23.1 Å². The van der Waals surface area contributed by atoms with Gasteiger partial charge in [0.2, 0.25) is 0 Å². The number of aliphatic hydroxyl groups is 1. The molecule has 0 aliphatic heterocycles. The Morgan fingerprint density at radius 3 is 2.50 bits per heavy atom. The third-order valence-electron chi connectivity index (χ3n) is 2.90. The van der Waals surface area contributed by atoms with Crippen molar-refractivity contribution in [2.75, 3.05) is 6.61 Å². The molecule has 8 heteroatoms. The topological polar surface area (TPSA) is 62.2 Å². The molecule has 2 aromatic rings. The first-order valence-corrected chi connectivity index (χ1v) is 6.48. The number of rotatable bonds is 4. The number of halogens is 4. The number of nitrogens with one attached hydrogen (secondary N) is 1. The zero-order chi connectivity index (χ0) is 16.3. The van der Waals surface area contributed by atoms with Crippen molar-refractivity contribution in [3.63, 3.8) is 0 Å². The highest BCUT2D eigenvalue weighted by Gasteiger charge is 2.20. The van der Waals surface area contributed by atoms with E-state index in [2.05, 4.69) is 10.3 Å². The Labute approximate surface area is 128 Å². The number of hydrogen-bond donors (Lipinski definition) is 2. The van der Waals surface area contributed by atoms with Gasteiger partial charge in [-0.3, -0.25) is 4.79 Å². The highest BCUT2D eigenvalue weighted by atomic mass is 35.5. The lowest BCUT2D eigenvalue weighted by molar-refractivity contribution is 0.0915. The van der Waals surface area contributed by atoms with Gasteiger partial charge in [0.05, 0.1) is 18.2 Å². The fourth-order valence-electron chi connectivity index (χ4n) is 1.80. The molecule has 2 N–H and O–H groups in total. The molecule has 0 saturated carbocycles. The Balaban J connectivity index is 2.26. The number of benzene rings is 1. The summed E-state index contributed by atoms with van der Waals surface area (Å²) in [6.45, 7) is -0.645. The molecule has 1 aromatic heterocycles. The van der Waals surface area contributed by atoms with Crippen LogP contribution in [-0.4, -0.2) is 22.6 Å². The standard InChI is InChI=1S/C14H10ClF3N2O2/c15-13-8(2-1-3-19-13)14(22)20-11(6-21)7-4-9(16)12(18)10(17)5-7/h1-5,11,21H,6H2,(H,20,22). The van der Waals surface area contributed by atoms with E-state index in [1.807, 2.05) is 0 Å². The molecule has 1 atom stereocenters. The molecule has 0 radical (unpaired) electrons. The van der Waals surface area contributed by atoms with Gasteiger partial charge in [0.15, 0.2) is 17.5 Å². The average molecular weight is 331 g/mol. The van der Waals surface area contributed by atoms with E-state index in [1.165, 1.54) is 18.3 Å². The summed E-state index contributed by atoms with van der Waals surface area (Å²) in [6.07, 6.45) is 1.38. The number of hydrogen-bond acceptors (Lipinski definition) is 3. The predicted octanol–water partition coefficient (Wildman–Crippen LogP) is 2.62. The minimum absolute atomic E-state index is 0.0330. The molecule has 1 aromatic carbocycles. The summed E-state index contributed by atoms with van der Waals surface area (Å²) in [5.74, 6) is -5.14. The third kappa shape index (κ3) is 3.37. The number of carbonyl (C=O) groups excluding carboxylic acids is 1. The molecule has 1 unspecified atom stereocenters. The summed E-state index contributed by atoms with van der Waals surface area (Å²) in [5, 5.41) is 11.6. The number of pyridine rings is 1. The Hall–Kier alpha value is -2.12. The second-order valence-electron chi connectivity index (χ2n) is 4.35. The minimum atomic E-state index is -1.62. The van der Waals surface area contributed by atoms with Crippen molar-refractivity contribution in [3.8, 4) is 0 Å². The van der Waals surface area contributed by atoms with Gasteiger partial charge < -0.3 is 10.4 Å². The van der Waals surface area contributed by atoms with Gasteiger partial charge in [-0.2, -0.15) is 0 Å². The quantitative estimate of drug-likeness (QED) is 0.669. The smallest absolute Gasteiger partial charge is 0.254 e. The maximum atomic E-state index is 13.2. The SMILES string of the molecule is O=C(NC(CO)c1cc(F)c(F)c(F)c1)c1cccnc1Cl. The van der Waals surface area contributed by atoms with Crippen molar-refractivity contribution < 1.29 is 23.1 Å². The number of carbonyl (C=O) groups is 1. The van der Waals surface area contributed by atoms with Crippen molar-refractivity contribution in [3.05, 3.63) is 64.2 Å². The number of aliphatic hydroxyl groups excluding tert-OH is 1. The van der Waals surface area contributed by atoms with Crippen LogP contribution in [0.1, 0.15) is 22.0 Å². The van der Waals surface area contributed by atoms with Gasteiger partial charge in [-0.05, 0) is 29.8 Å². The van der Waals surface area contributed by atoms with Crippen molar-refractivity contribution in [2.45, 2.75) is 6.04 Å². The molecule has 2 rings (SSSR count). The van der Waals surface area contributed by atoms with E-state index in [-0.39, 0.29) is 16.3 Å². The summed E-state index contributed by atoms with van der Waals surface area (Å²) in [6, 6.07) is 3.14. The van der Waals surface area contributed by atoms with E-state index in [0.717, 1.165) is 0 Å². The molecule has 0 fully saturated rings. The van der Waals surface area contributed by atoms with E-state index < -0.39 is 36.0 Å². The highest BCUT2D eigenvalue weighted by Crippen LogP contribution is 2.20. The fraction of sp³-hybridized carbons (Fsp3) is 0.143.